The number of carbonyl (C=O) groups is 1. The number of esters is 1. The van der Waals surface area contributed by atoms with E-state index in [1.165, 1.54) is 37.6 Å². The molecule has 3 nitrogen and oxygen atoms in total. The molecular formula is C16H11F4NO2. The third-order valence-electron chi connectivity index (χ3n) is 2.95. The highest BCUT2D eigenvalue weighted by Gasteiger charge is 2.33. The Morgan fingerprint density at radius 3 is 2.35 bits per heavy atom. The van der Waals surface area contributed by atoms with Gasteiger partial charge in [-0.1, -0.05) is 12.1 Å². The van der Waals surface area contributed by atoms with E-state index in [0.717, 1.165) is 12.1 Å². The highest BCUT2D eigenvalue weighted by molar-refractivity contribution is 5.91. The van der Waals surface area contributed by atoms with E-state index in [-0.39, 0.29) is 0 Å². The number of alkyl halides is 3. The number of rotatable bonds is 3. The maximum Gasteiger partial charge on any atom is 0.418 e. The van der Waals surface area contributed by atoms with E-state index in [1.807, 2.05) is 0 Å². The minimum atomic E-state index is -4.70. The van der Waals surface area contributed by atoms with Crippen molar-refractivity contribution >= 4 is 17.9 Å². The van der Waals surface area contributed by atoms with Gasteiger partial charge in [0.05, 0.1) is 23.9 Å². The van der Waals surface area contributed by atoms with Crippen molar-refractivity contribution in [3.05, 3.63) is 65.0 Å². The largest absolute Gasteiger partial charge is 0.465 e. The predicted octanol–water partition coefficient (Wildman–Crippen LogP) is 4.38. The van der Waals surface area contributed by atoms with Crippen molar-refractivity contribution in [2.24, 2.45) is 4.99 Å². The Hall–Kier alpha value is -2.70. The van der Waals surface area contributed by atoms with Gasteiger partial charge in [0.1, 0.15) is 5.82 Å². The Kier molecular flexibility index (Phi) is 4.78. The Bertz CT molecular complexity index is 737. The van der Waals surface area contributed by atoms with Gasteiger partial charge in [-0.2, -0.15) is 13.2 Å². The van der Waals surface area contributed by atoms with Gasteiger partial charge in [-0.25, -0.2) is 9.18 Å². The molecule has 120 valence electrons. The molecule has 0 heterocycles. The van der Waals surface area contributed by atoms with Crippen molar-refractivity contribution in [3.63, 3.8) is 0 Å². The highest BCUT2D eigenvalue weighted by atomic mass is 19.4. The molecule has 0 spiro atoms. The zero-order valence-electron chi connectivity index (χ0n) is 11.9. The van der Waals surface area contributed by atoms with Crippen LogP contribution in [0, 0.1) is 5.82 Å². The Morgan fingerprint density at radius 2 is 1.78 bits per heavy atom. The lowest BCUT2D eigenvalue weighted by Crippen LogP contribution is -2.05. The van der Waals surface area contributed by atoms with Crippen molar-refractivity contribution in [1.82, 2.24) is 0 Å². The molecule has 0 atom stereocenters. The molecule has 0 aliphatic heterocycles. The quantitative estimate of drug-likeness (QED) is 0.477. The standard InChI is InChI=1S/C16H11F4NO2/c1-23-15(22)11-4-2-10(3-5-11)9-21-14-7-6-12(17)8-13(14)16(18,19)20/h2-9H,1H3/b21-9+. The van der Waals surface area contributed by atoms with Crippen molar-refractivity contribution in [2.75, 3.05) is 7.11 Å². The lowest BCUT2D eigenvalue weighted by Gasteiger charge is -2.09. The molecule has 2 rings (SSSR count). The number of ether oxygens (including phenoxy) is 1. The summed E-state index contributed by atoms with van der Waals surface area (Å²) in [7, 11) is 1.24. The number of methoxy groups -OCH3 is 1. The molecule has 0 aliphatic carbocycles. The Balaban J connectivity index is 2.29. The fraction of sp³-hybridized carbons (Fsp3) is 0.125. The lowest BCUT2D eigenvalue weighted by molar-refractivity contribution is -0.137. The van der Waals surface area contributed by atoms with Crippen LogP contribution in [0.2, 0.25) is 0 Å². The zero-order valence-corrected chi connectivity index (χ0v) is 11.9. The summed E-state index contributed by atoms with van der Waals surface area (Å²) >= 11 is 0. The summed E-state index contributed by atoms with van der Waals surface area (Å²) in [6.45, 7) is 0. The molecule has 0 N–H and O–H groups in total. The first-order valence-corrected chi connectivity index (χ1v) is 6.40. The molecule has 0 amide bonds. The second-order valence-electron chi connectivity index (χ2n) is 4.53. The van der Waals surface area contributed by atoms with Gasteiger partial charge in [-0.15, -0.1) is 0 Å². The SMILES string of the molecule is COC(=O)c1ccc(/C=N/c2ccc(F)cc2C(F)(F)F)cc1. The fourth-order valence-electron chi connectivity index (χ4n) is 1.82. The first-order valence-electron chi connectivity index (χ1n) is 6.40. The molecule has 2 aromatic rings. The number of hydrogen-bond donors (Lipinski definition) is 0. The van der Waals surface area contributed by atoms with Gasteiger partial charge < -0.3 is 4.74 Å². The molecule has 7 heteroatoms. The number of halogens is 4. The molecule has 0 saturated heterocycles. The molecule has 0 aliphatic rings. The van der Waals surface area contributed by atoms with E-state index in [0.29, 0.717) is 17.2 Å². The zero-order chi connectivity index (χ0) is 17.0. The Labute approximate surface area is 129 Å². The third kappa shape index (κ3) is 4.15. The van der Waals surface area contributed by atoms with Crippen molar-refractivity contribution < 1.29 is 27.1 Å². The van der Waals surface area contributed by atoms with Crippen LogP contribution in [0.15, 0.2) is 47.5 Å². The monoisotopic (exact) mass is 325 g/mol. The molecule has 0 bridgehead atoms. The van der Waals surface area contributed by atoms with E-state index in [9.17, 15) is 22.4 Å². The molecule has 0 radical (unpaired) electrons. The molecule has 2 aromatic carbocycles. The first kappa shape index (κ1) is 16.7. The lowest BCUT2D eigenvalue weighted by atomic mass is 10.1. The molecule has 0 saturated carbocycles. The fourth-order valence-corrected chi connectivity index (χ4v) is 1.82. The van der Waals surface area contributed by atoms with Gasteiger partial charge in [0, 0.05) is 6.21 Å². The smallest absolute Gasteiger partial charge is 0.418 e. The number of nitrogens with zero attached hydrogens (tertiary/aromatic N) is 1. The van der Waals surface area contributed by atoms with Gasteiger partial charge in [0.2, 0.25) is 0 Å². The van der Waals surface area contributed by atoms with Crippen molar-refractivity contribution in [2.45, 2.75) is 6.18 Å². The summed E-state index contributed by atoms with van der Waals surface area (Å²) in [5, 5.41) is 0. The molecule has 23 heavy (non-hydrogen) atoms. The minimum absolute atomic E-state index is 0.308. The van der Waals surface area contributed by atoms with E-state index in [2.05, 4.69) is 9.73 Å². The predicted molar refractivity (Wildman–Crippen MR) is 76.4 cm³/mol. The number of benzene rings is 2. The number of carbonyl (C=O) groups excluding carboxylic acids is 1. The summed E-state index contributed by atoms with van der Waals surface area (Å²) < 4.78 is 56.1. The normalized spacial score (nSPS) is 11.7. The first-order chi connectivity index (χ1) is 10.8. The van der Waals surface area contributed by atoms with Crippen molar-refractivity contribution in [3.8, 4) is 0 Å². The minimum Gasteiger partial charge on any atom is -0.465 e. The van der Waals surface area contributed by atoms with Gasteiger partial charge in [0.25, 0.3) is 0 Å². The van der Waals surface area contributed by atoms with Crippen LogP contribution in [-0.2, 0) is 10.9 Å². The second kappa shape index (κ2) is 6.60. The Morgan fingerprint density at radius 1 is 1.13 bits per heavy atom. The highest BCUT2D eigenvalue weighted by Crippen LogP contribution is 2.36. The van der Waals surface area contributed by atoms with Crippen LogP contribution in [0.4, 0.5) is 23.2 Å². The van der Waals surface area contributed by atoms with Crippen molar-refractivity contribution in [1.29, 1.82) is 0 Å². The van der Waals surface area contributed by atoms with Gasteiger partial charge in [-0.3, -0.25) is 4.99 Å². The maximum atomic E-state index is 13.0. The molecule has 0 fully saturated rings. The average Bonchev–Trinajstić information content (AvgIpc) is 2.52. The topological polar surface area (TPSA) is 38.7 Å². The summed E-state index contributed by atoms with van der Waals surface area (Å²) in [4.78, 5) is 15.0. The maximum absolute atomic E-state index is 13.0. The average molecular weight is 325 g/mol. The van der Waals surface area contributed by atoms with Crippen LogP contribution in [0.1, 0.15) is 21.5 Å². The van der Waals surface area contributed by atoms with E-state index in [4.69, 9.17) is 0 Å². The number of aliphatic imine (C=N–C) groups is 1. The van der Waals surface area contributed by atoms with Crippen LogP contribution >= 0.6 is 0 Å². The summed E-state index contributed by atoms with van der Waals surface area (Å²) in [6, 6.07) is 8.19. The second-order valence-corrected chi connectivity index (χ2v) is 4.53. The molecular weight excluding hydrogens is 314 g/mol. The van der Waals surface area contributed by atoms with Crippen LogP contribution in [-0.4, -0.2) is 19.3 Å². The van der Waals surface area contributed by atoms with Gasteiger partial charge in [-0.05, 0) is 35.9 Å². The van der Waals surface area contributed by atoms with Gasteiger partial charge >= 0.3 is 12.1 Å². The third-order valence-corrected chi connectivity index (χ3v) is 2.95. The molecule has 0 aromatic heterocycles. The summed E-state index contributed by atoms with van der Waals surface area (Å²) in [6.07, 6.45) is -3.51. The van der Waals surface area contributed by atoms with E-state index >= 15 is 0 Å². The summed E-state index contributed by atoms with van der Waals surface area (Å²) in [5.74, 6) is -1.51. The number of hydrogen-bond acceptors (Lipinski definition) is 3. The van der Waals surface area contributed by atoms with E-state index in [1.54, 1.807) is 0 Å². The molecule has 0 unspecified atom stereocenters. The summed E-state index contributed by atoms with van der Waals surface area (Å²) in [5.41, 5.74) is -0.756. The van der Waals surface area contributed by atoms with Crippen LogP contribution in [0.5, 0.6) is 0 Å². The van der Waals surface area contributed by atoms with E-state index < -0.39 is 29.2 Å². The van der Waals surface area contributed by atoms with Crippen LogP contribution in [0.3, 0.4) is 0 Å². The van der Waals surface area contributed by atoms with Gasteiger partial charge in [0.15, 0.2) is 0 Å². The van der Waals surface area contributed by atoms with Crippen LogP contribution in [0.25, 0.3) is 0 Å². The van der Waals surface area contributed by atoms with Crippen LogP contribution < -0.4 is 0 Å².